The van der Waals surface area contributed by atoms with Crippen LogP contribution in [-0.4, -0.2) is 29.8 Å². The van der Waals surface area contributed by atoms with Gasteiger partial charge in [0, 0.05) is 30.8 Å². The molecule has 2 aliphatic rings. The lowest BCUT2D eigenvalue weighted by molar-refractivity contribution is -0.117. The van der Waals surface area contributed by atoms with Crippen molar-refractivity contribution in [2.75, 3.05) is 18.0 Å². The van der Waals surface area contributed by atoms with E-state index in [0.717, 1.165) is 56.6 Å². The van der Waals surface area contributed by atoms with E-state index in [9.17, 15) is 9.59 Å². The highest BCUT2D eigenvalue weighted by Gasteiger charge is 2.29. The van der Waals surface area contributed by atoms with Crippen molar-refractivity contribution in [3.8, 4) is 0 Å². The molecule has 0 unspecified atom stereocenters. The average Bonchev–Trinajstić information content (AvgIpc) is 3.28. The van der Waals surface area contributed by atoms with Gasteiger partial charge in [0.25, 0.3) is 5.91 Å². The van der Waals surface area contributed by atoms with Crippen molar-refractivity contribution < 1.29 is 14.0 Å². The maximum atomic E-state index is 13.2. The van der Waals surface area contributed by atoms with Crippen molar-refractivity contribution >= 4 is 17.5 Å². The summed E-state index contributed by atoms with van der Waals surface area (Å²) in [5, 5.41) is 0. The van der Waals surface area contributed by atoms with Gasteiger partial charge in [0.1, 0.15) is 5.76 Å². The van der Waals surface area contributed by atoms with Crippen molar-refractivity contribution in [3.63, 3.8) is 0 Å². The molecule has 1 atom stereocenters. The Morgan fingerprint density at radius 2 is 1.85 bits per heavy atom. The van der Waals surface area contributed by atoms with Crippen molar-refractivity contribution in [2.45, 2.75) is 44.6 Å². The number of benzene rings is 1. The molecule has 2 fully saturated rings. The monoisotopic (exact) mass is 352 g/mol. The van der Waals surface area contributed by atoms with E-state index in [-0.39, 0.29) is 17.9 Å². The second-order valence-electron chi connectivity index (χ2n) is 7.07. The molecule has 4 rings (SSSR count). The van der Waals surface area contributed by atoms with Gasteiger partial charge < -0.3 is 14.2 Å². The van der Waals surface area contributed by atoms with Gasteiger partial charge in [-0.05, 0) is 55.7 Å². The molecule has 5 heteroatoms. The molecule has 5 nitrogen and oxygen atoms in total. The van der Waals surface area contributed by atoms with Crippen LogP contribution in [0.4, 0.5) is 5.69 Å². The molecule has 1 aromatic heterocycles. The minimum Gasteiger partial charge on any atom is -0.467 e. The Balaban J connectivity index is 1.56. The quantitative estimate of drug-likeness (QED) is 0.833. The average molecular weight is 352 g/mol. The Hall–Kier alpha value is -2.56. The van der Waals surface area contributed by atoms with E-state index in [1.165, 1.54) is 0 Å². The van der Waals surface area contributed by atoms with E-state index in [1.807, 2.05) is 41.3 Å². The van der Waals surface area contributed by atoms with E-state index < -0.39 is 0 Å². The van der Waals surface area contributed by atoms with Gasteiger partial charge in [-0.25, -0.2) is 0 Å². The Kier molecular flexibility index (Phi) is 4.78. The molecule has 2 saturated heterocycles. The SMILES string of the molecule is O=C1CCCN1c1ccc(C(=O)N2CCCCC[C@H]2c2ccco2)cc1. The summed E-state index contributed by atoms with van der Waals surface area (Å²) < 4.78 is 5.61. The van der Waals surface area contributed by atoms with Crippen molar-refractivity contribution in [1.82, 2.24) is 4.90 Å². The zero-order valence-electron chi connectivity index (χ0n) is 14.9. The highest BCUT2D eigenvalue weighted by Crippen LogP contribution is 2.32. The van der Waals surface area contributed by atoms with E-state index in [2.05, 4.69) is 0 Å². The van der Waals surface area contributed by atoms with Crippen molar-refractivity contribution in [1.29, 1.82) is 0 Å². The molecule has 2 aromatic rings. The number of hydrogen-bond donors (Lipinski definition) is 0. The van der Waals surface area contributed by atoms with Crippen LogP contribution in [0.2, 0.25) is 0 Å². The number of amides is 2. The molecule has 2 aliphatic heterocycles. The molecule has 3 heterocycles. The van der Waals surface area contributed by atoms with Crippen LogP contribution in [0.1, 0.15) is 60.7 Å². The molecule has 136 valence electrons. The molecule has 0 bridgehead atoms. The summed E-state index contributed by atoms with van der Waals surface area (Å²) in [7, 11) is 0. The second kappa shape index (κ2) is 7.36. The van der Waals surface area contributed by atoms with Gasteiger partial charge in [-0.15, -0.1) is 0 Å². The third-order valence-electron chi connectivity index (χ3n) is 5.38. The van der Waals surface area contributed by atoms with Gasteiger partial charge in [0.05, 0.1) is 12.3 Å². The highest BCUT2D eigenvalue weighted by atomic mass is 16.3. The summed E-state index contributed by atoms with van der Waals surface area (Å²) in [5.41, 5.74) is 1.54. The van der Waals surface area contributed by atoms with Crippen LogP contribution in [0.5, 0.6) is 0 Å². The Morgan fingerprint density at radius 3 is 2.54 bits per heavy atom. The zero-order chi connectivity index (χ0) is 17.9. The van der Waals surface area contributed by atoms with E-state index in [4.69, 9.17) is 4.42 Å². The number of carbonyl (C=O) groups is 2. The first-order chi connectivity index (χ1) is 12.7. The molecule has 0 N–H and O–H groups in total. The van der Waals surface area contributed by atoms with Crippen LogP contribution < -0.4 is 4.90 Å². The van der Waals surface area contributed by atoms with Crippen LogP contribution in [0.25, 0.3) is 0 Å². The maximum Gasteiger partial charge on any atom is 0.254 e. The minimum absolute atomic E-state index is 0.000151. The van der Waals surface area contributed by atoms with Crippen LogP contribution in [0.15, 0.2) is 47.1 Å². The smallest absolute Gasteiger partial charge is 0.254 e. The van der Waals surface area contributed by atoms with Crippen LogP contribution >= 0.6 is 0 Å². The summed E-state index contributed by atoms with van der Waals surface area (Å²) in [6, 6.07) is 11.3. The fraction of sp³-hybridized carbons (Fsp3) is 0.429. The lowest BCUT2D eigenvalue weighted by Gasteiger charge is -2.29. The van der Waals surface area contributed by atoms with Gasteiger partial charge in [0.2, 0.25) is 5.91 Å². The third-order valence-corrected chi connectivity index (χ3v) is 5.38. The van der Waals surface area contributed by atoms with Crippen LogP contribution in [0.3, 0.4) is 0 Å². The van der Waals surface area contributed by atoms with E-state index >= 15 is 0 Å². The lowest BCUT2D eigenvalue weighted by Crippen LogP contribution is -2.34. The number of rotatable bonds is 3. The van der Waals surface area contributed by atoms with E-state index in [1.54, 1.807) is 11.2 Å². The number of hydrogen-bond acceptors (Lipinski definition) is 3. The number of nitrogens with zero attached hydrogens (tertiary/aromatic N) is 2. The molecule has 0 spiro atoms. The zero-order valence-corrected chi connectivity index (χ0v) is 14.9. The highest BCUT2D eigenvalue weighted by molar-refractivity contribution is 5.97. The van der Waals surface area contributed by atoms with Gasteiger partial charge in [-0.3, -0.25) is 9.59 Å². The molecule has 26 heavy (non-hydrogen) atoms. The lowest BCUT2D eigenvalue weighted by atomic mass is 10.1. The van der Waals surface area contributed by atoms with Gasteiger partial charge >= 0.3 is 0 Å². The predicted molar refractivity (Wildman–Crippen MR) is 99.0 cm³/mol. The third kappa shape index (κ3) is 3.26. The molecule has 0 radical (unpaired) electrons. The van der Waals surface area contributed by atoms with E-state index in [0.29, 0.717) is 12.0 Å². The van der Waals surface area contributed by atoms with Gasteiger partial charge in [-0.2, -0.15) is 0 Å². The minimum atomic E-state index is -0.000151. The Morgan fingerprint density at radius 1 is 1.00 bits per heavy atom. The molecule has 1 aromatic carbocycles. The largest absolute Gasteiger partial charge is 0.467 e. The van der Waals surface area contributed by atoms with Crippen LogP contribution in [0, 0.1) is 0 Å². The van der Waals surface area contributed by atoms with Crippen LogP contribution in [-0.2, 0) is 4.79 Å². The fourth-order valence-electron chi connectivity index (χ4n) is 4.00. The van der Waals surface area contributed by atoms with Gasteiger partial charge in [0.15, 0.2) is 0 Å². The molecule has 0 saturated carbocycles. The topological polar surface area (TPSA) is 53.8 Å². The first-order valence-electron chi connectivity index (χ1n) is 9.49. The van der Waals surface area contributed by atoms with Gasteiger partial charge in [-0.1, -0.05) is 12.8 Å². The molecular formula is C21H24N2O3. The predicted octanol–water partition coefficient (Wildman–Crippen LogP) is 4.16. The number of carbonyl (C=O) groups excluding carboxylic acids is 2. The summed E-state index contributed by atoms with van der Waals surface area (Å²) >= 11 is 0. The summed E-state index contributed by atoms with van der Waals surface area (Å²) in [4.78, 5) is 28.8. The molecular weight excluding hydrogens is 328 g/mol. The summed E-state index contributed by atoms with van der Waals surface area (Å²) in [6.07, 6.45) is 7.37. The normalized spacial score (nSPS) is 21.1. The summed E-state index contributed by atoms with van der Waals surface area (Å²) in [5.74, 6) is 1.06. The second-order valence-corrected chi connectivity index (χ2v) is 7.07. The number of likely N-dealkylation sites (tertiary alicyclic amines) is 1. The summed E-state index contributed by atoms with van der Waals surface area (Å²) in [6.45, 7) is 1.51. The first kappa shape index (κ1) is 16.9. The fourth-order valence-corrected chi connectivity index (χ4v) is 4.00. The first-order valence-corrected chi connectivity index (χ1v) is 9.49. The Bertz CT molecular complexity index is 767. The standard InChI is InChI=1S/C21H24N2O3/c24-20-8-4-14-22(20)17-11-9-16(10-12-17)21(25)23-13-3-1-2-6-18(23)19-7-5-15-26-19/h5,7,9-12,15,18H,1-4,6,8,13-14H2/t18-/m0/s1. The molecule has 2 amide bonds. The Labute approximate surface area is 153 Å². The van der Waals surface area contributed by atoms with Crippen molar-refractivity contribution in [3.05, 3.63) is 54.0 Å². The number of furan rings is 1. The maximum absolute atomic E-state index is 13.2. The number of anilines is 1. The van der Waals surface area contributed by atoms with Crippen molar-refractivity contribution in [2.24, 2.45) is 0 Å². The molecule has 0 aliphatic carbocycles.